The first-order chi connectivity index (χ1) is 8.63. The number of carbonyl (C=O) groups is 1. The molecule has 100 valence electrons. The van der Waals surface area contributed by atoms with Crippen molar-refractivity contribution < 1.29 is 14.3 Å². The van der Waals surface area contributed by atoms with Crippen molar-refractivity contribution in [1.82, 2.24) is 0 Å². The van der Waals surface area contributed by atoms with Gasteiger partial charge in [0, 0.05) is 0 Å². The normalized spacial score (nSPS) is 12.0. The van der Waals surface area contributed by atoms with Gasteiger partial charge in [0.25, 0.3) is 0 Å². The van der Waals surface area contributed by atoms with E-state index >= 15 is 0 Å². The molecule has 0 bridgehead atoms. The van der Waals surface area contributed by atoms with Gasteiger partial charge < -0.3 is 15.2 Å². The van der Waals surface area contributed by atoms with Crippen LogP contribution in [0.25, 0.3) is 0 Å². The summed E-state index contributed by atoms with van der Waals surface area (Å²) in [4.78, 5) is 12.2. The molecule has 0 amide bonds. The summed E-state index contributed by atoms with van der Waals surface area (Å²) in [6.45, 7) is 2.07. The van der Waals surface area contributed by atoms with Gasteiger partial charge in [-0.3, -0.25) is 4.79 Å². The van der Waals surface area contributed by atoms with Gasteiger partial charge in [0.1, 0.15) is 11.5 Å². The summed E-state index contributed by atoms with van der Waals surface area (Å²) < 4.78 is 10.3. The molecule has 2 N–H and O–H groups in total. The van der Waals surface area contributed by atoms with Gasteiger partial charge in [-0.25, -0.2) is 0 Å². The fraction of sp³-hybridized carbons (Fsp3) is 0.500. The Balaban J connectivity index is 2.95. The number of carbonyl (C=O) groups excluding carboxylic acids is 1. The lowest BCUT2D eigenvalue weighted by Crippen LogP contribution is -2.30. The molecule has 0 radical (unpaired) electrons. The third kappa shape index (κ3) is 3.47. The Hall–Kier alpha value is -1.55. The number of methoxy groups -OCH3 is 2. The minimum Gasteiger partial charge on any atom is -0.497 e. The van der Waals surface area contributed by atoms with Crippen LogP contribution < -0.4 is 15.2 Å². The molecule has 1 aromatic rings. The van der Waals surface area contributed by atoms with Gasteiger partial charge in [0.2, 0.25) is 0 Å². The molecule has 0 aromatic heterocycles. The van der Waals surface area contributed by atoms with Crippen LogP contribution in [0.4, 0.5) is 0 Å². The smallest absolute Gasteiger partial charge is 0.183 e. The van der Waals surface area contributed by atoms with Crippen LogP contribution in [0.2, 0.25) is 0 Å². The zero-order valence-electron chi connectivity index (χ0n) is 11.2. The number of nitrogens with two attached hydrogens (primary N) is 1. The minimum atomic E-state index is -0.481. The number of ketones is 1. The molecule has 1 aromatic carbocycles. The maximum absolute atomic E-state index is 12.2. The van der Waals surface area contributed by atoms with Crippen LogP contribution in [0.15, 0.2) is 18.2 Å². The maximum Gasteiger partial charge on any atom is 0.183 e. The van der Waals surface area contributed by atoms with Gasteiger partial charge in [0.05, 0.1) is 25.8 Å². The van der Waals surface area contributed by atoms with Crippen LogP contribution in [0.5, 0.6) is 11.5 Å². The third-order valence-electron chi connectivity index (χ3n) is 2.88. The molecule has 0 aliphatic heterocycles. The molecule has 1 rings (SSSR count). The van der Waals surface area contributed by atoms with Gasteiger partial charge >= 0.3 is 0 Å². The van der Waals surface area contributed by atoms with E-state index in [4.69, 9.17) is 15.2 Å². The first-order valence-electron chi connectivity index (χ1n) is 6.15. The second-order valence-electron chi connectivity index (χ2n) is 4.18. The lowest BCUT2D eigenvalue weighted by atomic mass is 9.99. The Morgan fingerprint density at radius 2 is 2.06 bits per heavy atom. The van der Waals surface area contributed by atoms with Gasteiger partial charge in [-0.2, -0.15) is 0 Å². The number of ether oxygens (including phenoxy) is 2. The van der Waals surface area contributed by atoms with Crippen molar-refractivity contribution in [3.05, 3.63) is 23.8 Å². The van der Waals surface area contributed by atoms with Crippen molar-refractivity contribution in [3.63, 3.8) is 0 Å². The molecule has 1 unspecified atom stereocenters. The Kier molecular flexibility index (Phi) is 5.65. The molecule has 0 saturated heterocycles. The predicted molar refractivity (Wildman–Crippen MR) is 71.4 cm³/mol. The van der Waals surface area contributed by atoms with E-state index in [1.165, 1.54) is 7.11 Å². The van der Waals surface area contributed by atoms with Crippen LogP contribution in [0.3, 0.4) is 0 Å². The number of hydrogen-bond acceptors (Lipinski definition) is 4. The van der Waals surface area contributed by atoms with E-state index in [9.17, 15) is 4.79 Å². The number of hydrogen-bond donors (Lipinski definition) is 1. The standard InChI is InChI=1S/C14H21NO3/c1-4-5-6-12(15)14(16)11-9-10(17-2)7-8-13(11)18-3/h7-9,12H,4-6,15H2,1-3H3. The lowest BCUT2D eigenvalue weighted by molar-refractivity contribution is 0.0953. The van der Waals surface area contributed by atoms with Crippen molar-refractivity contribution in [3.8, 4) is 11.5 Å². The van der Waals surface area contributed by atoms with Gasteiger partial charge in [-0.05, 0) is 24.6 Å². The van der Waals surface area contributed by atoms with E-state index in [1.54, 1.807) is 25.3 Å². The Labute approximate surface area is 108 Å². The van der Waals surface area contributed by atoms with E-state index < -0.39 is 6.04 Å². The zero-order valence-corrected chi connectivity index (χ0v) is 11.2. The van der Waals surface area contributed by atoms with E-state index in [2.05, 4.69) is 6.92 Å². The summed E-state index contributed by atoms with van der Waals surface area (Å²) in [5, 5.41) is 0. The Morgan fingerprint density at radius 3 is 2.61 bits per heavy atom. The highest BCUT2D eigenvalue weighted by Crippen LogP contribution is 2.25. The highest BCUT2D eigenvalue weighted by molar-refractivity contribution is 6.02. The van der Waals surface area contributed by atoms with Crippen LogP contribution in [-0.2, 0) is 0 Å². The molecule has 0 aliphatic carbocycles. The minimum absolute atomic E-state index is 0.0980. The molecular formula is C14H21NO3. The summed E-state index contributed by atoms with van der Waals surface area (Å²) in [6.07, 6.45) is 2.66. The van der Waals surface area contributed by atoms with Crippen LogP contribution in [0, 0.1) is 0 Å². The van der Waals surface area contributed by atoms with Crippen molar-refractivity contribution in [2.75, 3.05) is 14.2 Å². The molecule has 0 aliphatic rings. The first-order valence-corrected chi connectivity index (χ1v) is 6.15. The second kappa shape index (κ2) is 7.01. The summed E-state index contributed by atoms with van der Waals surface area (Å²) in [5.41, 5.74) is 6.39. The average molecular weight is 251 g/mol. The Morgan fingerprint density at radius 1 is 1.33 bits per heavy atom. The Bertz CT molecular complexity index is 404. The number of Topliss-reactive ketones (excluding diaryl/α,β-unsaturated/α-hetero) is 1. The first kappa shape index (κ1) is 14.5. The topological polar surface area (TPSA) is 61.6 Å². The van der Waals surface area contributed by atoms with Gasteiger partial charge in [0.15, 0.2) is 5.78 Å². The average Bonchev–Trinajstić information content (AvgIpc) is 2.43. The number of unbranched alkanes of at least 4 members (excludes halogenated alkanes) is 1. The molecule has 4 heteroatoms. The van der Waals surface area contributed by atoms with E-state index in [1.807, 2.05) is 0 Å². The number of benzene rings is 1. The van der Waals surface area contributed by atoms with Crippen LogP contribution in [0.1, 0.15) is 36.5 Å². The van der Waals surface area contributed by atoms with Gasteiger partial charge in [-0.15, -0.1) is 0 Å². The van der Waals surface area contributed by atoms with Crippen LogP contribution >= 0.6 is 0 Å². The van der Waals surface area contributed by atoms with Crippen molar-refractivity contribution in [2.24, 2.45) is 5.73 Å². The maximum atomic E-state index is 12.2. The summed E-state index contributed by atoms with van der Waals surface area (Å²) in [6, 6.07) is 4.67. The second-order valence-corrected chi connectivity index (χ2v) is 4.18. The van der Waals surface area contributed by atoms with Gasteiger partial charge in [-0.1, -0.05) is 19.8 Å². The quantitative estimate of drug-likeness (QED) is 0.756. The van der Waals surface area contributed by atoms with Crippen molar-refractivity contribution >= 4 is 5.78 Å². The molecule has 0 saturated carbocycles. The fourth-order valence-electron chi connectivity index (χ4n) is 1.76. The molecule has 1 atom stereocenters. The third-order valence-corrected chi connectivity index (χ3v) is 2.88. The van der Waals surface area contributed by atoms with Crippen LogP contribution in [-0.4, -0.2) is 26.0 Å². The monoisotopic (exact) mass is 251 g/mol. The number of rotatable bonds is 7. The molecule has 0 fully saturated rings. The van der Waals surface area contributed by atoms with Crippen molar-refractivity contribution in [2.45, 2.75) is 32.2 Å². The molecule has 0 spiro atoms. The highest BCUT2D eigenvalue weighted by atomic mass is 16.5. The van der Waals surface area contributed by atoms with E-state index in [0.717, 1.165) is 12.8 Å². The van der Waals surface area contributed by atoms with E-state index in [-0.39, 0.29) is 5.78 Å². The van der Waals surface area contributed by atoms with Crippen molar-refractivity contribution in [1.29, 1.82) is 0 Å². The summed E-state index contributed by atoms with van der Waals surface area (Å²) >= 11 is 0. The van der Waals surface area contributed by atoms with E-state index in [0.29, 0.717) is 23.5 Å². The molecule has 0 heterocycles. The zero-order chi connectivity index (χ0) is 13.5. The summed E-state index contributed by atoms with van der Waals surface area (Å²) in [7, 11) is 3.10. The fourth-order valence-corrected chi connectivity index (χ4v) is 1.76. The molecule has 18 heavy (non-hydrogen) atoms. The SMILES string of the molecule is CCCCC(N)C(=O)c1cc(OC)ccc1OC. The predicted octanol–water partition coefficient (Wildman–Crippen LogP) is 2.40. The highest BCUT2D eigenvalue weighted by Gasteiger charge is 2.19. The molecular weight excluding hydrogens is 230 g/mol. The molecule has 4 nitrogen and oxygen atoms in total. The lowest BCUT2D eigenvalue weighted by Gasteiger charge is -2.13. The summed E-state index contributed by atoms with van der Waals surface area (Å²) in [5.74, 6) is 1.06. The largest absolute Gasteiger partial charge is 0.497 e.